The van der Waals surface area contributed by atoms with Crippen molar-refractivity contribution in [2.75, 3.05) is 0 Å². The Bertz CT molecular complexity index is 2100. The predicted octanol–water partition coefficient (Wildman–Crippen LogP) is 6.18. The molecule has 12 nitrogen and oxygen atoms in total. The topological polar surface area (TPSA) is 207 Å². The summed E-state index contributed by atoms with van der Waals surface area (Å²) in [5.74, 6) is -3.75. The Morgan fingerprint density at radius 2 is 0.857 bits per heavy atom. The van der Waals surface area contributed by atoms with Crippen molar-refractivity contribution in [3.8, 4) is 0 Å². The Morgan fingerprint density at radius 1 is 0.510 bits per heavy atom. The third kappa shape index (κ3) is 8.06. The molecule has 0 atom stereocenters. The Kier molecular flexibility index (Phi) is 11.4. The van der Waals surface area contributed by atoms with Gasteiger partial charge >= 0.3 is 43.7 Å². The summed E-state index contributed by atoms with van der Waals surface area (Å²) in [6.45, 7) is 7.55. The van der Waals surface area contributed by atoms with E-state index in [1.807, 2.05) is 45.9 Å². The average Bonchev–Trinajstić information content (AvgIpc) is 3.66. The standard InChI is InChI=1S/C36H38N4O8.Ga/c1-17-21(5-9-33(41)42)29-14-26-19(3)23(7-11-35(45)46)31(39-26)16-28-20(4)24(8-12-36(47)48)32(40-28)15-27-18(2)22(6-10-34(43)44)30(38-27)13-25(17)37-29;/h13-16,37-38H,5-12H2,1-4H3,(H,41,42)(H,43,44)(H,45,46)(H,47,48);/q;+3. The van der Waals surface area contributed by atoms with Crippen molar-refractivity contribution < 1.29 is 39.6 Å². The van der Waals surface area contributed by atoms with Crippen LogP contribution in [-0.4, -0.2) is 84.0 Å². The maximum absolute atomic E-state index is 11.6. The second-order valence-corrected chi connectivity index (χ2v) is 12.2. The van der Waals surface area contributed by atoms with Gasteiger partial charge < -0.3 is 30.4 Å². The molecule has 0 saturated heterocycles. The van der Waals surface area contributed by atoms with Crippen molar-refractivity contribution in [2.45, 2.75) is 79.1 Å². The number of allylic oxidation sites excluding steroid dienone is 4. The van der Waals surface area contributed by atoms with Gasteiger partial charge in [0.05, 0.1) is 22.8 Å². The van der Waals surface area contributed by atoms with Gasteiger partial charge in [0.25, 0.3) is 0 Å². The first-order valence-electron chi connectivity index (χ1n) is 15.7. The molecule has 0 aromatic carbocycles. The minimum absolute atomic E-state index is 0. The van der Waals surface area contributed by atoms with Gasteiger partial charge in [-0.3, -0.25) is 19.2 Å². The molecule has 0 saturated carbocycles. The molecule has 5 rings (SSSR count). The van der Waals surface area contributed by atoms with Crippen LogP contribution in [0.25, 0.3) is 44.4 Å². The monoisotopic (exact) mass is 723 g/mol. The molecule has 0 unspecified atom stereocenters. The molecule has 0 amide bonds. The number of aromatic nitrogens is 4. The Hall–Kier alpha value is -4.88. The number of aromatic amines is 2. The van der Waals surface area contributed by atoms with Gasteiger partial charge in [0.1, 0.15) is 0 Å². The van der Waals surface area contributed by atoms with Gasteiger partial charge in [-0.05, 0) is 122 Å². The number of nitrogens with one attached hydrogen (secondary N) is 2. The number of carbonyl (C=O) groups is 4. The van der Waals surface area contributed by atoms with E-state index in [1.165, 1.54) is 0 Å². The van der Waals surface area contributed by atoms with Gasteiger partial charge in [-0.25, -0.2) is 9.97 Å². The van der Waals surface area contributed by atoms with Crippen LogP contribution in [0.2, 0.25) is 0 Å². The van der Waals surface area contributed by atoms with Crippen LogP contribution in [0.3, 0.4) is 0 Å². The number of carboxylic acids is 4. The molecule has 2 aliphatic heterocycles. The molecule has 0 spiro atoms. The van der Waals surface area contributed by atoms with Crippen molar-refractivity contribution in [2.24, 2.45) is 0 Å². The summed E-state index contributed by atoms with van der Waals surface area (Å²) >= 11 is 0. The van der Waals surface area contributed by atoms with Gasteiger partial charge in [-0.15, -0.1) is 0 Å². The molecule has 5 heterocycles. The van der Waals surface area contributed by atoms with E-state index in [-0.39, 0.29) is 71.2 Å². The number of fused-ring (bicyclic) bond motifs is 8. The van der Waals surface area contributed by atoms with E-state index in [0.717, 1.165) is 44.5 Å². The third-order valence-electron chi connectivity index (χ3n) is 9.16. The van der Waals surface area contributed by atoms with Crippen LogP contribution < -0.4 is 0 Å². The number of rotatable bonds is 12. The van der Waals surface area contributed by atoms with Gasteiger partial charge in [-0.2, -0.15) is 0 Å². The molecule has 49 heavy (non-hydrogen) atoms. The number of aryl methyl sites for hydroxylation is 4. The molecule has 3 aromatic heterocycles. The SMILES string of the molecule is CC1=C(CCC(=O)O)c2cc3nc(cc4[nH]c(cc5[nH]c(cc1n2)c(CCC(=O)O)c5C)c(CCC(=O)O)c4C)C(CCC(=O)O)=C3C.[Ga+3]. The Morgan fingerprint density at radius 3 is 1.31 bits per heavy atom. The molecule has 3 aromatic rings. The molecule has 8 bridgehead atoms. The van der Waals surface area contributed by atoms with Crippen LogP contribution in [0.5, 0.6) is 0 Å². The van der Waals surface area contributed by atoms with Crippen LogP contribution in [0.15, 0.2) is 24.3 Å². The molecule has 2 aliphatic rings. The first-order chi connectivity index (χ1) is 22.7. The average molecular weight is 724 g/mol. The molecular weight excluding hydrogens is 686 g/mol. The normalized spacial score (nSPS) is 12.7. The zero-order valence-corrected chi connectivity index (χ0v) is 30.3. The maximum Gasteiger partial charge on any atom is 3.00 e. The van der Waals surface area contributed by atoms with Gasteiger partial charge in [0, 0.05) is 47.8 Å². The number of hydrogen-bond acceptors (Lipinski definition) is 6. The number of hydrogen-bond donors (Lipinski definition) is 6. The Labute approximate surface area is 295 Å². The van der Waals surface area contributed by atoms with E-state index in [0.29, 0.717) is 44.8 Å². The zero-order chi connectivity index (χ0) is 34.9. The first kappa shape index (κ1) is 36.9. The maximum atomic E-state index is 11.6. The quantitative estimate of drug-likeness (QED) is 0.117. The van der Waals surface area contributed by atoms with Gasteiger partial charge in [-0.1, -0.05) is 0 Å². The van der Waals surface area contributed by atoms with Crippen molar-refractivity contribution in [3.63, 3.8) is 0 Å². The van der Waals surface area contributed by atoms with Gasteiger partial charge in [0.15, 0.2) is 0 Å². The minimum atomic E-state index is -0.944. The van der Waals surface area contributed by atoms with E-state index >= 15 is 0 Å². The number of nitrogens with zero attached hydrogens (tertiary/aromatic N) is 2. The Balaban J connectivity index is 0.00000541. The third-order valence-corrected chi connectivity index (χ3v) is 9.16. The van der Waals surface area contributed by atoms with Crippen molar-refractivity contribution >= 4 is 88.0 Å². The molecule has 0 fully saturated rings. The minimum Gasteiger partial charge on any atom is -0.481 e. The second kappa shape index (κ2) is 15.1. The van der Waals surface area contributed by atoms with E-state index in [2.05, 4.69) is 9.97 Å². The van der Waals surface area contributed by atoms with E-state index in [9.17, 15) is 39.6 Å². The number of H-pyrrole nitrogens is 2. The van der Waals surface area contributed by atoms with E-state index in [1.54, 1.807) is 6.07 Å². The van der Waals surface area contributed by atoms with Crippen LogP contribution in [0.4, 0.5) is 0 Å². The summed E-state index contributed by atoms with van der Waals surface area (Å²) in [5.41, 5.74) is 11.4. The molecule has 0 aliphatic carbocycles. The van der Waals surface area contributed by atoms with Crippen LogP contribution in [0.1, 0.15) is 97.4 Å². The van der Waals surface area contributed by atoms with E-state index in [4.69, 9.17) is 9.97 Å². The number of aliphatic carboxylic acids is 4. The molecule has 0 radical (unpaired) electrons. The summed E-state index contributed by atoms with van der Waals surface area (Å²) < 4.78 is 0. The van der Waals surface area contributed by atoms with Crippen LogP contribution in [-0.2, 0) is 32.0 Å². The molecular formula is C36H38GaN4O8+3. The smallest absolute Gasteiger partial charge is 0.481 e. The fourth-order valence-corrected chi connectivity index (χ4v) is 6.42. The first-order valence-corrected chi connectivity index (χ1v) is 15.7. The fourth-order valence-electron chi connectivity index (χ4n) is 6.42. The summed E-state index contributed by atoms with van der Waals surface area (Å²) in [5, 5.41) is 38.0. The number of carboxylic acid groups (broad SMARTS) is 4. The summed E-state index contributed by atoms with van der Waals surface area (Å²) in [6, 6.07) is 7.40. The molecule has 13 heteroatoms. The fraction of sp³-hybridized carbons (Fsp3) is 0.333. The van der Waals surface area contributed by atoms with Crippen LogP contribution >= 0.6 is 0 Å². The van der Waals surface area contributed by atoms with Crippen LogP contribution in [0, 0.1) is 13.8 Å². The summed E-state index contributed by atoms with van der Waals surface area (Å²) in [4.78, 5) is 63.1. The molecule has 250 valence electrons. The van der Waals surface area contributed by atoms with E-state index < -0.39 is 23.9 Å². The molecule has 6 N–H and O–H groups in total. The second-order valence-electron chi connectivity index (χ2n) is 12.2. The van der Waals surface area contributed by atoms with Crippen molar-refractivity contribution in [1.82, 2.24) is 19.9 Å². The van der Waals surface area contributed by atoms with Crippen molar-refractivity contribution in [3.05, 3.63) is 69.3 Å². The zero-order valence-electron chi connectivity index (χ0n) is 27.9. The van der Waals surface area contributed by atoms with Crippen molar-refractivity contribution in [1.29, 1.82) is 0 Å². The van der Waals surface area contributed by atoms with Gasteiger partial charge in [0.2, 0.25) is 0 Å². The summed E-state index contributed by atoms with van der Waals surface area (Å²) in [6.07, 6.45) is 0.606. The predicted molar refractivity (Wildman–Crippen MR) is 187 cm³/mol. The largest absolute Gasteiger partial charge is 3.00 e. The summed E-state index contributed by atoms with van der Waals surface area (Å²) in [7, 11) is 0.